The Labute approximate surface area is 260 Å². The number of amides is 1. The van der Waals surface area contributed by atoms with Crippen molar-refractivity contribution in [3.8, 4) is 5.75 Å². The van der Waals surface area contributed by atoms with Gasteiger partial charge >= 0.3 is 5.91 Å². The van der Waals surface area contributed by atoms with Crippen LogP contribution in [0, 0.1) is 19.7 Å². The number of furan rings is 1. The smallest absolute Gasteiger partial charge is 0.302 e. The number of aryl methyl sites for hydroxylation is 2. The molecule has 1 unspecified atom stereocenters. The number of carbonyl (C=O) groups excluding carboxylic acids is 2. The molecule has 5 aromatic rings. The predicted octanol–water partition coefficient (Wildman–Crippen LogP) is 7.38. The lowest BCUT2D eigenvalue weighted by Crippen LogP contribution is -2.29. The summed E-state index contributed by atoms with van der Waals surface area (Å²) in [6.07, 6.45) is 0. The van der Waals surface area contributed by atoms with Gasteiger partial charge in [0.15, 0.2) is 4.34 Å². The van der Waals surface area contributed by atoms with Crippen LogP contribution in [0.25, 0.3) is 5.76 Å². The Morgan fingerprint density at radius 1 is 1.00 bits per heavy atom. The Kier molecular flexibility index (Phi) is 8.32. The zero-order valence-corrected chi connectivity index (χ0v) is 25.3. The van der Waals surface area contributed by atoms with Crippen molar-refractivity contribution in [2.45, 2.75) is 36.6 Å². The SMILES string of the molecule is Cc1ccc(C2C(=C(O)c3ccc(OCc4ccccc4C)cc3)C(=O)C(=O)N2c2nnc(SCc3ccc(F)cc3)s2)o1. The Morgan fingerprint density at radius 3 is 2.45 bits per heavy atom. The molecule has 44 heavy (non-hydrogen) atoms. The lowest BCUT2D eigenvalue weighted by atomic mass is 9.99. The number of ketones is 1. The molecule has 2 aromatic heterocycles. The van der Waals surface area contributed by atoms with Crippen molar-refractivity contribution in [3.63, 3.8) is 0 Å². The number of benzene rings is 3. The van der Waals surface area contributed by atoms with Gasteiger partial charge in [0.1, 0.15) is 41.5 Å². The van der Waals surface area contributed by atoms with E-state index in [1.807, 2.05) is 31.2 Å². The molecular formula is C33H26FN3O5S2. The summed E-state index contributed by atoms with van der Waals surface area (Å²) in [5.41, 5.74) is 3.29. The average Bonchev–Trinajstić information content (AvgIpc) is 3.74. The molecule has 1 amide bonds. The van der Waals surface area contributed by atoms with Gasteiger partial charge in [0.25, 0.3) is 5.78 Å². The first-order chi connectivity index (χ1) is 21.3. The van der Waals surface area contributed by atoms with Crippen LogP contribution in [0.15, 0.2) is 99.3 Å². The highest BCUT2D eigenvalue weighted by atomic mass is 32.2. The minimum Gasteiger partial charge on any atom is -0.507 e. The summed E-state index contributed by atoms with van der Waals surface area (Å²) in [6, 6.07) is 23.1. The van der Waals surface area contributed by atoms with Crippen LogP contribution in [-0.4, -0.2) is 27.0 Å². The van der Waals surface area contributed by atoms with Crippen molar-refractivity contribution in [2.24, 2.45) is 0 Å². The van der Waals surface area contributed by atoms with Crippen LogP contribution < -0.4 is 9.64 Å². The molecule has 0 spiro atoms. The van der Waals surface area contributed by atoms with Crippen LogP contribution in [0.1, 0.15) is 39.8 Å². The third-order valence-electron chi connectivity index (χ3n) is 7.14. The Balaban J connectivity index is 1.28. The van der Waals surface area contributed by atoms with E-state index in [1.165, 1.54) is 28.8 Å². The van der Waals surface area contributed by atoms with Crippen LogP contribution in [0.3, 0.4) is 0 Å². The monoisotopic (exact) mass is 627 g/mol. The maximum Gasteiger partial charge on any atom is 0.302 e. The number of thioether (sulfide) groups is 1. The lowest BCUT2D eigenvalue weighted by molar-refractivity contribution is -0.132. The van der Waals surface area contributed by atoms with Crippen LogP contribution in [0.4, 0.5) is 9.52 Å². The van der Waals surface area contributed by atoms with E-state index in [0.29, 0.717) is 39.5 Å². The zero-order valence-electron chi connectivity index (χ0n) is 23.7. The number of aliphatic hydroxyl groups is 1. The van der Waals surface area contributed by atoms with Gasteiger partial charge in [0.2, 0.25) is 5.13 Å². The minimum absolute atomic E-state index is 0.117. The second kappa shape index (κ2) is 12.5. The molecule has 1 atom stereocenters. The quantitative estimate of drug-likeness (QED) is 0.0593. The first kappa shape index (κ1) is 29.3. The molecule has 0 bridgehead atoms. The van der Waals surface area contributed by atoms with Gasteiger partial charge in [0.05, 0.1) is 5.57 Å². The van der Waals surface area contributed by atoms with Gasteiger partial charge in [-0.3, -0.25) is 14.5 Å². The standard InChI is InChI=1S/C33H26FN3O5S2/c1-19-5-3-4-6-23(19)17-41-25-14-10-22(11-15-25)29(38)27-28(26-16-7-20(2)42-26)37(31(40)30(27)39)32-35-36-33(44-32)43-18-21-8-12-24(34)13-9-21/h3-16,28,38H,17-18H2,1-2H3. The molecule has 3 heterocycles. The van der Waals surface area contributed by atoms with Crippen LogP contribution in [0.2, 0.25) is 0 Å². The molecule has 8 nitrogen and oxygen atoms in total. The molecule has 1 fully saturated rings. The van der Waals surface area contributed by atoms with Crippen LogP contribution in [0.5, 0.6) is 5.75 Å². The summed E-state index contributed by atoms with van der Waals surface area (Å²) in [4.78, 5) is 28.1. The first-order valence-electron chi connectivity index (χ1n) is 13.6. The van der Waals surface area contributed by atoms with E-state index in [4.69, 9.17) is 9.15 Å². The van der Waals surface area contributed by atoms with Crippen molar-refractivity contribution in [3.05, 3.63) is 130 Å². The van der Waals surface area contributed by atoms with Gasteiger partial charge in [-0.1, -0.05) is 59.5 Å². The van der Waals surface area contributed by atoms with E-state index >= 15 is 0 Å². The van der Waals surface area contributed by atoms with Gasteiger partial charge in [-0.25, -0.2) is 4.39 Å². The average molecular weight is 628 g/mol. The van der Waals surface area contributed by atoms with Crippen molar-refractivity contribution < 1.29 is 28.2 Å². The third-order valence-corrected chi connectivity index (χ3v) is 9.26. The fourth-order valence-corrected chi connectivity index (χ4v) is 6.60. The summed E-state index contributed by atoms with van der Waals surface area (Å²) in [5.74, 6) is -0.395. The van der Waals surface area contributed by atoms with Gasteiger partial charge in [-0.2, -0.15) is 0 Å². The molecular weight excluding hydrogens is 602 g/mol. The highest BCUT2D eigenvalue weighted by Gasteiger charge is 2.49. The number of aromatic nitrogens is 2. The molecule has 222 valence electrons. The van der Waals surface area contributed by atoms with E-state index in [2.05, 4.69) is 10.2 Å². The van der Waals surface area contributed by atoms with Crippen LogP contribution >= 0.6 is 23.1 Å². The number of hydrogen-bond donors (Lipinski definition) is 1. The van der Waals surface area contributed by atoms with Gasteiger partial charge in [-0.15, -0.1) is 10.2 Å². The molecule has 11 heteroatoms. The number of nitrogens with zero attached hydrogens (tertiary/aromatic N) is 3. The number of aliphatic hydroxyl groups excluding tert-OH is 1. The fourth-order valence-electron chi connectivity index (χ4n) is 4.78. The largest absolute Gasteiger partial charge is 0.507 e. The molecule has 1 N–H and O–H groups in total. The highest BCUT2D eigenvalue weighted by molar-refractivity contribution is 8.00. The number of rotatable bonds is 9. The highest BCUT2D eigenvalue weighted by Crippen LogP contribution is 2.44. The molecule has 3 aromatic carbocycles. The number of Topliss-reactive ketones (excluding diaryl/α,β-unsaturated/α-hetero) is 1. The molecule has 0 saturated carbocycles. The molecule has 1 aliphatic heterocycles. The van der Waals surface area contributed by atoms with Gasteiger partial charge < -0.3 is 14.3 Å². The van der Waals surface area contributed by atoms with Gasteiger partial charge in [-0.05, 0) is 79.1 Å². The van der Waals surface area contributed by atoms with Crippen molar-refractivity contribution in [2.75, 3.05) is 4.90 Å². The van der Waals surface area contributed by atoms with Crippen molar-refractivity contribution >= 4 is 45.7 Å². The first-order valence-corrected chi connectivity index (χ1v) is 15.4. The number of halogens is 1. The number of anilines is 1. The predicted molar refractivity (Wildman–Crippen MR) is 166 cm³/mol. The molecule has 0 aliphatic carbocycles. The van der Waals surface area contributed by atoms with Crippen LogP contribution in [-0.2, 0) is 21.9 Å². The minimum atomic E-state index is -1.05. The lowest BCUT2D eigenvalue weighted by Gasteiger charge is -2.20. The van der Waals surface area contributed by atoms with Crippen molar-refractivity contribution in [1.29, 1.82) is 0 Å². The normalized spacial score (nSPS) is 16.1. The summed E-state index contributed by atoms with van der Waals surface area (Å²) in [5, 5.41) is 20.0. The van der Waals surface area contributed by atoms with E-state index in [-0.39, 0.29) is 22.3 Å². The van der Waals surface area contributed by atoms with E-state index in [0.717, 1.165) is 28.0 Å². The summed E-state index contributed by atoms with van der Waals surface area (Å²) in [6.45, 7) is 4.15. The fraction of sp³-hybridized carbons (Fsp3) is 0.152. The van der Waals surface area contributed by atoms with E-state index < -0.39 is 17.7 Å². The molecule has 6 rings (SSSR count). The molecule has 0 radical (unpaired) electrons. The summed E-state index contributed by atoms with van der Waals surface area (Å²) >= 11 is 2.51. The second-order valence-corrected chi connectivity index (χ2v) is 12.3. The summed E-state index contributed by atoms with van der Waals surface area (Å²) in [7, 11) is 0. The number of ether oxygens (including phenoxy) is 1. The maximum atomic E-state index is 13.4. The van der Waals surface area contributed by atoms with Crippen molar-refractivity contribution in [1.82, 2.24) is 10.2 Å². The number of carbonyl (C=O) groups is 2. The third kappa shape index (κ3) is 6.01. The topological polar surface area (TPSA) is 106 Å². The Morgan fingerprint density at radius 2 is 1.75 bits per heavy atom. The molecule has 1 saturated heterocycles. The maximum absolute atomic E-state index is 13.4. The summed E-state index contributed by atoms with van der Waals surface area (Å²) < 4.78 is 25.6. The zero-order chi connectivity index (χ0) is 30.8. The molecule has 1 aliphatic rings. The Hall–Kier alpha value is -4.74. The number of hydrogen-bond acceptors (Lipinski definition) is 9. The van der Waals surface area contributed by atoms with E-state index in [1.54, 1.807) is 55.5 Å². The Bertz CT molecular complexity index is 1860. The second-order valence-electron chi connectivity index (χ2n) is 10.1. The van der Waals surface area contributed by atoms with E-state index in [9.17, 15) is 19.1 Å². The van der Waals surface area contributed by atoms with Gasteiger partial charge in [0, 0.05) is 11.3 Å².